The van der Waals surface area contributed by atoms with Crippen LogP contribution >= 0.6 is 11.3 Å². The Hall–Kier alpha value is -3.56. The first-order valence-corrected chi connectivity index (χ1v) is 12.9. The van der Waals surface area contributed by atoms with Crippen LogP contribution in [0.2, 0.25) is 0 Å². The first-order chi connectivity index (χ1) is 17.5. The van der Waals surface area contributed by atoms with E-state index in [9.17, 15) is 9.59 Å². The highest BCUT2D eigenvalue weighted by atomic mass is 32.1. The molecule has 36 heavy (non-hydrogen) atoms. The molecule has 186 valence electrons. The Kier molecular flexibility index (Phi) is 5.81. The van der Waals surface area contributed by atoms with Gasteiger partial charge in [-0.25, -0.2) is 0 Å². The van der Waals surface area contributed by atoms with E-state index in [0.717, 1.165) is 48.9 Å². The molecule has 2 amide bonds. The SMILES string of the molecule is COc1cc(CN2CCN(c3cccc4c3C(=O)N([C@@H](C)c3cccs3)C4=O)CC2)cc2c1OCO2. The Labute approximate surface area is 213 Å². The van der Waals surface area contributed by atoms with Gasteiger partial charge in [0.2, 0.25) is 12.5 Å². The number of nitrogens with zero attached hydrogens (tertiary/aromatic N) is 3. The maximum atomic E-state index is 13.5. The van der Waals surface area contributed by atoms with E-state index in [1.54, 1.807) is 24.5 Å². The van der Waals surface area contributed by atoms with Gasteiger partial charge in [-0.05, 0) is 48.2 Å². The number of carbonyl (C=O) groups excluding carboxylic acids is 2. The largest absolute Gasteiger partial charge is 0.493 e. The summed E-state index contributed by atoms with van der Waals surface area (Å²) in [5.74, 6) is 1.63. The molecule has 9 heteroatoms. The Morgan fingerprint density at radius 3 is 2.61 bits per heavy atom. The van der Waals surface area contributed by atoms with E-state index in [1.165, 1.54) is 4.90 Å². The maximum absolute atomic E-state index is 13.5. The van der Waals surface area contributed by atoms with Crippen LogP contribution < -0.4 is 19.1 Å². The molecule has 3 aliphatic heterocycles. The van der Waals surface area contributed by atoms with Crippen LogP contribution in [0.25, 0.3) is 0 Å². The monoisotopic (exact) mass is 505 g/mol. The van der Waals surface area contributed by atoms with Gasteiger partial charge in [-0.3, -0.25) is 19.4 Å². The van der Waals surface area contributed by atoms with Gasteiger partial charge in [-0.2, -0.15) is 0 Å². The fraction of sp³-hybridized carbons (Fsp3) is 0.333. The molecule has 0 N–H and O–H groups in total. The van der Waals surface area contributed by atoms with Crippen LogP contribution in [0.3, 0.4) is 0 Å². The number of imide groups is 1. The highest BCUT2D eigenvalue weighted by Crippen LogP contribution is 2.42. The highest BCUT2D eigenvalue weighted by Gasteiger charge is 2.41. The van der Waals surface area contributed by atoms with Gasteiger partial charge in [0.25, 0.3) is 11.8 Å². The van der Waals surface area contributed by atoms with Crippen LogP contribution in [0, 0.1) is 0 Å². The van der Waals surface area contributed by atoms with E-state index in [2.05, 4.69) is 9.80 Å². The summed E-state index contributed by atoms with van der Waals surface area (Å²) in [6.07, 6.45) is 0. The van der Waals surface area contributed by atoms with Crippen molar-refractivity contribution in [3.05, 3.63) is 69.4 Å². The third-order valence-corrected chi connectivity index (χ3v) is 8.15. The van der Waals surface area contributed by atoms with Crippen LogP contribution in [0.15, 0.2) is 47.8 Å². The third kappa shape index (κ3) is 3.79. The van der Waals surface area contributed by atoms with Crippen molar-refractivity contribution in [3.63, 3.8) is 0 Å². The zero-order valence-corrected chi connectivity index (χ0v) is 21.0. The van der Waals surface area contributed by atoms with Crippen LogP contribution in [0.4, 0.5) is 5.69 Å². The molecule has 1 atom stereocenters. The molecule has 0 aliphatic carbocycles. The van der Waals surface area contributed by atoms with Crippen molar-refractivity contribution >= 4 is 28.8 Å². The quantitative estimate of drug-likeness (QED) is 0.466. The third-order valence-electron chi connectivity index (χ3n) is 7.10. The van der Waals surface area contributed by atoms with Gasteiger partial charge in [0.05, 0.1) is 30.0 Å². The predicted molar refractivity (Wildman–Crippen MR) is 136 cm³/mol. The average molecular weight is 506 g/mol. The summed E-state index contributed by atoms with van der Waals surface area (Å²) < 4.78 is 16.5. The van der Waals surface area contributed by atoms with E-state index in [-0.39, 0.29) is 24.6 Å². The minimum Gasteiger partial charge on any atom is -0.493 e. The second kappa shape index (κ2) is 9.15. The molecule has 0 bridgehead atoms. The smallest absolute Gasteiger partial charge is 0.264 e. The molecular weight excluding hydrogens is 478 g/mol. The number of thiophene rings is 1. The molecule has 0 spiro atoms. The number of amides is 2. The van der Waals surface area contributed by atoms with E-state index in [1.807, 2.05) is 48.7 Å². The zero-order valence-electron chi connectivity index (χ0n) is 20.2. The molecule has 3 aromatic rings. The molecule has 2 aromatic carbocycles. The molecular formula is C27H27N3O5S. The number of hydrogen-bond donors (Lipinski definition) is 0. The minimum absolute atomic E-state index is 0.207. The molecule has 1 fully saturated rings. The Bertz CT molecular complexity index is 1320. The standard InChI is InChI=1S/C27H27N3O5S/c1-17(23-7-4-12-36-23)30-26(31)19-5-3-6-20(24(19)27(30)32)29-10-8-28(9-11-29)15-18-13-21(33-2)25-22(14-18)34-16-35-25/h3-7,12-14,17H,8-11,15-16H2,1-2H3/t17-/m0/s1. The van der Waals surface area contributed by atoms with Gasteiger partial charge in [-0.1, -0.05) is 12.1 Å². The minimum atomic E-state index is -0.291. The predicted octanol–water partition coefficient (Wildman–Crippen LogP) is 4.16. The number of rotatable bonds is 6. The number of ether oxygens (including phenoxy) is 3. The lowest BCUT2D eigenvalue weighted by atomic mass is 10.1. The van der Waals surface area contributed by atoms with E-state index >= 15 is 0 Å². The van der Waals surface area contributed by atoms with Crippen molar-refractivity contribution in [1.29, 1.82) is 0 Å². The molecule has 1 saturated heterocycles. The summed E-state index contributed by atoms with van der Waals surface area (Å²) in [6.45, 7) is 6.07. The summed E-state index contributed by atoms with van der Waals surface area (Å²) in [4.78, 5) is 33.7. The molecule has 3 aliphatic rings. The van der Waals surface area contributed by atoms with Gasteiger partial charge in [0, 0.05) is 37.6 Å². The van der Waals surface area contributed by atoms with E-state index < -0.39 is 0 Å². The molecule has 0 radical (unpaired) electrons. The van der Waals surface area contributed by atoms with Crippen LogP contribution in [0.5, 0.6) is 17.2 Å². The van der Waals surface area contributed by atoms with Crippen molar-refractivity contribution in [3.8, 4) is 17.2 Å². The number of piperazine rings is 1. The second-order valence-corrected chi connectivity index (χ2v) is 10.1. The summed E-state index contributed by atoms with van der Waals surface area (Å²) in [5, 5.41) is 1.97. The Balaban J connectivity index is 1.17. The summed E-state index contributed by atoms with van der Waals surface area (Å²) in [6, 6.07) is 13.2. The van der Waals surface area contributed by atoms with Gasteiger partial charge >= 0.3 is 0 Å². The molecule has 0 saturated carbocycles. The fourth-order valence-electron chi connectivity index (χ4n) is 5.24. The zero-order chi connectivity index (χ0) is 24.8. The van der Waals surface area contributed by atoms with Crippen LogP contribution in [-0.2, 0) is 6.54 Å². The normalized spacial score (nSPS) is 18.1. The lowest BCUT2D eigenvalue weighted by Gasteiger charge is -2.36. The topological polar surface area (TPSA) is 71.6 Å². The number of fused-ring (bicyclic) bond motifs is 2. The first-order valence-electron chi connectivity index (χ1n) is 12.0. The Morgan fingerprint density at radius 1 is 1.03 bits per heavy atom. The number of methoxy groups -OCH3 is 1. The van der Waals surface area contributed by atoms with Crippen molar-refractivity contribution in [2.45, 2.75) is 19.5 Å². The van der Waals surface area contributed by atoms with Crippen molar-refractivity contribution < 1.29 is 23.8 Å². The number of carbonyl (C=O) groups is 2. The van der Waals surface area contributed by atoms with Gasteiger partial charge in [-0.15, -0.1) is 11.3 Å². The van der Waals surface area contributed by atoms with Crippen LogP contribution in [-0.4, -0.2) is 61.7 Å². The highest BCUT2D eigenvalue weighted by molar-refractivity contribution is 7.10. The summed E-state index contributed by atoms with van der Waals surface area (Å²) >= 11 is 1.56. The van der Waals surface area contributed by atoms with Crippen LogP contribution in [0.1, 0.15) is 44.1 Å². The van der Waals surface area contributed by atoms with Gasteiger partial charge in [0.1, 0.15) is 0 Å². The van der Waals surface area contributed by atoms with E-state index in [0.29, 0.717) is 28.4 Å². The van der Waals surface area contributed by atoms with Crippen molar-refractivity contribution in [2.24, 2.45) is 0 Å². The molecule has 1 aromatic heterocycles. The molecule has 0 unspecified atom stereocenters. The molecule has 8 nitrogen and oxygen atoms in total. The average Bonchev–Trinajstić information content (AvgIpc) is 3.65. The maximum Gasteiger partial charge on any atom is 0.264 e. The van der Waals surface area contributed by atoms with Crippen molar-refractivity contribution in [2.75, 3.05) is 45.0 Å². The first kappa shape index (κ1) is 22.9. The lowest BCUT2D eigenvalue weighted by molar-refractivity contribution is 0.0598. The molecule has 6 rings (SSSR count). The summed E-state index contributed by atoms with van der Waals surface area (Å²) in [7, 11) is 1.63. The molecule has 4 heterocycles. The number of benzene rings is 2. The summed E-state index contributed by atoms with van der Waals surface area (Å²) in [5.41, 5.74) is 2.97. The second-order valence-electron chi connectivity index (χ2n) is 9.17. The van der Waals surface area contributed by atoms with E-state index in [4.69, 9.17) is 14.2 Å². The Morgan fingerprint density at radius 2 is 1.86 bits per heavy atom. The van der Waals surface area contributed by atoms with Gasteiger partial charge < -0.3 is 19.1 Å². The number of anilines is 1. The number of hydrogen-bond acceptors (Lipinski definition) is 8. The van der Waals surface area contributed by atoms with Gasteiger partial charge in [0.15, 0.2) is 11.5 Å². The fourth-order valence-corrected chi connectivity index (χ4v) is 6.01. The van der Waals surface area contributed by atoms with Crippen molar-refractivity contribution in [1.82, 2.24) is 9.80 Å². The lowest BCUT2D eigenvalue weighted by Crippen LogP contribution is -2.46.